The number of halogens is 1. The van der Waals surface area contributed by atoms with Gasteiger partial charge in [0.1, 0.15) is 11.2 Å². The van der Waals surface area contributed by atoms with E-state index in [1.165, 1.54) is 23.4 Å². The SMILES string of the molecule is Cc1ccn2c(=O)c(C(=O)N(C)C3CC4CCC(C3)N4)cnc2c1.Cl. The molecule has 1 N–H and O–H groups in total. The maximum Gasteiger partial charge on any atom is 0.270 e. The van der Waals surface area contributed by atoms with Gasteiger partial charge in [-0.3, -0.25) is 14.0 Å². The Hall–Kier alpha value is -1.92. The number of pyridine rings is 1. The monoisotopic (exact) mass is 362 g/mol. The number of piperidine rings is 1. The molecule has 2 fully saturated rings. The van der Waals surface area contributed by atoms with Crippen LogP contribution in [0.1, 0.15) is 41.6 Å². The number of fused-ring (bicyclic) bond motifs is 3. The van der Waals surface area contributed by atoms with Gasteiger partial charge in [0.15, 0.2) is 0 Å². The van der Waals surface area contributed by atoms with E-state index in [2.05, 4.69) is 10.3 Å². The van der Waals surface area contributed by atoms with E-state index in [4.69, 9.17) is 0 Å². The Morgan fingerprint density at radius 1 is 1.32 bits per heavy atom. The molecule has 0 aliphatic carbocycles. The molecule has 1 amide bonds. The molecule has 2 aromatic heterocycles. The molecule has 25 heavy (non-hydrogen) atoms. The van der Waals surface area contributed by atoms with Crippen molar-refractivity contribution in [3.63, 3.8) is 0 Å². The van der Waals surface area contributed by atoms with Crippen LogP contribution in [0.15, 0.2) is 29.3 Å². The molecule has 0 radical (unpaired) electrons. The smallest absolute Gasteiger partial charge is 0.270 e. The first-order valence-electron chi connectivity index (χ1n) is 8.54. The first kappa shape index (κ1) is 17.9. The Labute approximate surface area is 152 Å². The first-order valence-corrected chi connectivity index (χ1v) is 8.54. The number of rotatable bonds is 2. The Morgan fingerprint density at radius 3 is 2.68 bits per heavy atom. The fourth-order valence-corrected chi connectivity index (χ4v) is 4.02. The molecule has 0 saturated carbocycles. The summed E-state index contributed by atoms with van der Waals surface area (Å²) in [6.07, 6.45) is 7.39. The predicted molar refractivity (Wildman–Crippen MR) is 98.5 cm³/mol. The quantitative estimate of drug-likeness (QED) is 0.884. The van der Waals surface area contributed by atoms with Gasteiger partial charge < -0.3 is 10.2 Å². The predicted octanol–water partition coefficient (Wildman–Crippen LogP) is 1.78. The summed E-state index contributed by atoms with van der Waals surface area (Å²) in [4.78, 5) is 31.6. The second kappa shape index (κ2) is 6.77. The lowest BCUT2D eigenvalue weighted by atomic mass is 9.98. The molecular formula is C18H23ClN4O2. The van der Waals surface area contributed by atoms with E-state index in [0.29, 0.717) is 17.7 Å². The van der Waals surface area contributed by atoms with Crippen LogP contribution in [-0.4, -0.2) is 45.4 Å². The van der Waals surface area contributed by atoms with Crippen LogP contribution >= 0.6 is 12.4 Å². The Balaban J connectivity index is 0.00000182. The summed E-state index contributed by atoms with van der Waals surface area (Å²) in [6, 6.07) is 4.88. The van der Waals surface area contributed by atoms with E-state index >= 15 is 0 Å². The standard InChI is InChI=1S/C18H22N4O2.ClH/c1-11-5-6-22-16(7-11)19-10-15(18(22)24)17(23)21(2)14-8-12-3-4-13(9-14)20-12;/h5-7,10,12-14,20H,3-4,8-9H2,1-2H3;1H. The van der Waals surface area contributed by atoms with Crippen LogP contribution in [0, 0.1) is 6.92 Å². The highest BCUT2D eigenvalue weighted by Gasteiger charge is 2.37. The van der Waals surface area contributed by atoms with Crippen molar-refractivity contribution in [1.82, 2.24) is 19.6 Å². The highest BCUT2D eigenvalue weighted by molar-refractivity contribution is 5.93. The number of carbonyl (C=O) groups is 1. The Morgan fingerprint density at radius 2 is 2.00 bits per heavy atom. The minimum atomic E-state index is -0.297. The van der Waals surface area contributed by atoms with E-state index in [9.17, 15) is 9.59 Å². The molecule has 2 aliphatic rings. The van der Waals surface area contributed by atoms with Gasteiger partial charge in [0.2, 0.25) is 0 Å². The normalized spacial score (nSPS) is 24.8. The van der Waals surface area contributed by atoms with Gasteiger partial charge in [0.05, 0.1) is 0 Å². The van der Waals surface area contributed by atoms with Crippen LogP contribution in [-0.2, 0) is 0 Å². The summed E-state index contributed by atoms with van der Waals surface area (Å²) in [5.41, 5.74) is 1.45. The highest BCUT2D eigenvalue weighted by Crippen LogP contribution is 2.29. The lowest BCUT2D eigenvalue weighted by molar-refractivity contribution is 0.0679. The van der Waals surface area contributed by atoms with Gasteiger partial charge in [-0.15, -0.1) is 12.4 Å². The highest BCUT2D eigenvalue weighted by atomic mass is 35.5. The van der Waals surface area contributed by atoms with Crippen molar-refractivity contribution in [3.8, 4) is 0 Å². The van der Waals surface area contributed by atoms with Gasteiger partial charge in [0, 0.05) is 37.6 Å². The van der Waals surface area contributed by atoms with Crippen molar-refractivity contribution in [3.05, 3.63) is 46.0 Å². The topological polar surface area (TPSA) is 66.7 Å². The molecule has 2 aliphatic heterocycles. The summed E-state index contributed by atoms with van der Waals surface area (Å²) in [6.45, 7) is 1.95. The number of nitrogens with zero attached hydrogens (tertiary/aromatic N) is 3. The number of hydrogen-bond donors (Lipinski definition) is 1. The van der Waals surface area contributed by atoms with Crippen LogP contribution in [0.25, 0.3) is 5.65 Å². The Bertz CT molecular complexity index is 854. The number of hydrogen-bond acceptors (Lipinski definition) is 4. The maximum absolute atomic E-state index is 12.9. The fourth-order valence-electron chi connectivity index (χ4n) is 4.02. The zero-order valence-corrected chi connectivity index (χ0v) is 15.3. The van der Waals surface area contributed by atoms with Gasteiger partial charge in [0.25, 0.3) is 11.5 Å². The largest absolute Gasteiger partial charge is 0.338 e. The zero-order valence-electron chi connectivity index (χ0n) is 14.4. The molecule has 0 aromatic carbocycles. The molecule has 2 atom stereocenters. The molecule has 134 valence electrons. The van der Waals surface area contributed by atoms with Crippen molar-refractivity contribution < 1.29 is 4.79 Å². The molecule has 2 aromatic rings. The molecule has 4 heterocycles. The molecular weight excluding hydrogens is 340 g/mol. The lowest BCUT2D eigenvalue weighted by Gasteiger charge is -2.35. The van der Waals surface area contributed by atoms with Crippen LogP contribution < -0.4 is 10.9 Å². The first-order chi connectivity index (χ1) is 11.5. The number of carbonyl (C=O) groups excluding carboxylic acids is 1. The van der Waals surface area contributed by atoms with Crippen LogP contribution in [0.5, 0.6) is 0 Å². The minimum Gasteiger partial charge on any atom is -0.338 e. The minimum absolute atomic E-state index is 0. The third kappa shape index (κ3) is 3.16. The summed E-state index contributed by atoms with van der Waals surface area (Å²) in [5, 5.41) is 3.58. The molecule has 7 heteroatoms. The van der Waals surface area contributed by atoms with Crippen LogP contribution in [0.4, 0.5) is 0 Å². The van der Waals surface area contributed by atoms with Crippen LogP contribution in [0.2, 0.25) is 0 Å². The molecule has 0 spiro atoms. The van der Waals surface area contributed by atoms with Crippen molar-refractivity contribution >= 4 is 24.0 Å². The zero-order chi connectivity index (χ0) is 16.8. The average molecular weight is 363 g/mol. The number of amides is 1. The summed E-state index contributed by atoms with van der Waals surface area (Å²) >= 11 is 0. The van der Waals surface area contributed by atoms with Gasteiger partial charge in [-0.1, -0.05) is 0 Å². The van der Waals surface area contributed by atoms with Crippen molar-refractivity contribution in [2.24, 2.45) is 0 Å². The van der Waals surface area contributed by atoms with Gasteiger partial charge in [-0.2, -0.15) is 0 Å². The van der Waals surface area contributed by atoms with E-state index in [-0.39, 0.29) is 35.5 Å². The summed E-state index contributed by atoms with van der Waals surface area (Å²) in [7, 11) is 1.81. The van der Waals surface area contributed by atoms with E-state index < -0.39 is 0 Å². The van der Waals surface area contributed by atoms with Gasteiger partial charge >= 0.3 is 0 Å². The molecule has 2 bridgehead atoms. The second-order valence-corrected chi connectivity index (χ2v) is 7.09. The number of aromatic nitrogens is 2. The molecule has 2 saturated heterocycles. The third-order valence-corrected chi connectivity index (χ3v) is 5.41. The number of nitrogens with one attached hydrogen (secondary N) is 1. The van der Waals surface area contributed by atoms with Crippen molar-refractivity contribution in [1.29, 1.82) is 0 Å². The van der Waals surface area contributed by atoms with E-state index in [1.807, 2.05) is 19.1 Å². The summed E-state index contributed by atoms with van der Waals surface area (Å²) in [5.74, 6) is -0.228. The fraction of sp³-hybridized carbons (Fsp3) is 0.500. The Kier molecular flexibility index (Phi) is 4.84. The molecule has 6 nitrogen and oxygen atoms in total. The average Bonchev–Trinajstić information content (AvgIpc) is 2.91. The summed E-state index contributed by atoms with van der Waals surface area (Å²) < 4.78 is 1.44. The molecule has 4 rings (SSSR count). The van der Waals surface area contributed by atoms with Crippen molar-refractivity contribution in [2.45, 2.75) is 50.7 Å². The van der Waals surface area contributed by atoms with E-state index in [0.717, 1.165) is 18.4 Å². The van der Waals surface area contributed by atoms with Crippen LogP contribution in [0.3, 0.4) is 0 Å². The third-order valence-electron chi connectivity index (χ3n) is 5.41. The van der Waals surface area contributed by atoms with Gasteiger partial charge in [-0.25, -0.2) is 4.98 Å². The lowest BCUT2D eigenvalue weighted by Crippen LogP contribution is -2.49. The van der Waals surface area contributed by atoms with Gasteiger partial charge in [-0.05, 0) is 50.3 Å². The molecule has 2 unspecified atom stereocenters. The van der Waals surface area contributed by atoms with E-state index in [1.54, 1.807) is 18.1 Å². The number of aryl methyl sites for hydroxylation is 1. The van der Waals surface area contributed by atoms with Crippen molar-refractivity contribution in [2.75, 3.05) is 7.05 Å². The maximum atomic E-state index is 12.9. The second-order valence-electron chi connectivity index (χ2n) is 7.09.